The number of nitrogens with one attached hydrogen (secondary N) is 1. The van der Waals surface area contributed by atoms with Crippen molar-refractivity contribution in [3.63, 3.8) is 0 Å². The Morgan fingerprint density at radius 2 is 1.89 bits per heavy atom. The molecule has 0 fully saturated rings. The lowest BCUT2D eigenvalue weighted by Gasteiger charge is -2.16. The smallest absolute Gasteiger partial charge is 0.253 e. The van der Waals surface area contributed by atoms with E-state index in [2.05, 4.69) is 17.2 Å². The normalized spacial score (nSPS) is 12.8. The molecule has 8 nitrogen and oxygen atoms in total. The van der Waals surface area contributed by atoms with Crippen LogP contribution >= 0.6 is 11.3 Å². The molecular formula is C26H25N5O3S2. The number of benzene rings is 2. The van der Waals surface area contributed by atoms with Crippen molar-refractivity contribution in [1.29, 1.82) is 0 Å². The van der Waals surface area contributed by atoms with Gasteiger partial charge in [-0.05, 0) is 37.1 Å². The number of aryl methyl sites for hydroxylation is 2. The van der Waals surface area contributed by atoms with Gasteiger partial charge in [0.05, 0.1) is 34.0 Å². The molecule has 0 aliphatic carbocycles. The molecule has 1 amide bonds. The summed E-state index contributed by atoms with van der Waals surface area (Å²) < 4.78 is 26.2. The van der Waals surface area contributed by atoms with Crippen LogP contribution in [0.4, 0.5) is 0 Å². The van der Waals surface area contributed by atoms with E-state index in [1.807, 2.05) is 42.8 Å². The minimum atomic E-state index is -3.53. The van der Waals surface area contributed by atoms with Crippen LogP contribution in [0.3, 0.4) is 0 Å². The molecule has 36 heavy (non-hydrogen) atoms. The van der Waals surface area contributed by atoms with Gasteiger partial charge in [0.15, 0.2) is 9.84 Å². The number of aromatic nitrogens is 4. The van der Waals surface area contributed by atoms with E-state index >= 15 is 0 Å². The van der Waals surface area contributed by atoms with Crippen LogP contribution in [0, 0.1) is 0 Å². The summed E-state index contributed by atoms with van der Waals surface area (Å²) in [6.07, 6.45) is 3.67. The van der Waals surface area contributed by atoms with Crippen LogP contribution in [0.25, 0.3) is 32.0 Å². The molecule has 0 aliphatic rings. The fourth-order valence-electron chi connectivity index (χ4n) is 4.28. The molecular weight excluding hydrogens is 494 g/mol. The van der Waals surface area contributed by atoms with Gasteiger partial charge in [-0.1, -0.05) is 48.6 Å². The highest BCUT2D eigenvalue weighted by atomic mass is 32.2. The Kier molecular flexibility index (Phi) is 6.09. The molecule has 184 valence electrons. The van der Waals surface area contributed by atoms with Gasteiger partial charge in [-0.25, -0.2) is 23.4 Å². The fraction of sp³-hybridized carbons (Fsp3) is 0.231. The van der Waals surface area contributed by atoms with E-state index in [-0.39, 0.29) is 16.5 Å². The number of pyridine rings is 1. The zero-order valence-corrected chi connectivity index (χ0v) is 21.9. The molecule has 0 saturated heterocycles. The van der Waals surface area contributed by atoms with E-state index in [9.17, 15) is 13.2 Å². The molecule has 0 spiro atoms. The second-order valence-corrected chi connectivity index (χ2v) is 11.7. The summed E-state index contributed by atoms with van der Waals surface area (Å²) in [4.78, 5) is 28.1. The summed E-state index contributed by atoms with van der Waals surface area (Å²) in [6.45, 7) is 3.93. The largest absolute Gasteiger partial charge is 0.345 e. The molecule has 2 aromatic carbocycles. The molecule has 0 unspecified atom stereocenters. The third-order valence-corrected chi connectivity index (χ3v) is 8.28. The summed E-state index contributed by atoms with van der Waals surface area (Å²) >= 11 is 1.53. The van der Waals surface area contributed by atoms with E-state index in [1.54, 1.807) is 18.5 Å². The molecule has 5 aromatic rings. The predicted molar refractivity (Wildman–Crippen MR) is 142 cm³/mol. The predicted octanol–water partition coefficient (Wildman–Crippen LogP) is 4.70. The van der Waals surface area contributed by atoms with Gasteiger partial charge in [0.1, 0.15) is 20.9 Å². The number of hydrogen-bond donors (Lipinski definition) is 1. The summed E-state index contributed by atoms with van der Waals surface area (Å²) in [5.74, 6) is -0.441. The third kappa shape index (κ3) is 4.27. The number of carbonyl (C=O) groups excluding carboxylic acids is 1. The van der Waals surface area contributed by atoms with Gasteiger partial charge in [0, 0.05) is 18.9 Å². The van der Waals surface area contributed by atoms with Crippen LogP contribution in [-0.4, -0.2) is 40.1 Å². The molecule has 3 heterocycles. The lowest BCUT2D eigenvalue weighted by molar-refractivity contribution is 0.0936. The van der Waals surface area contributed by atoms with E-state index in [0.29, 0.717) is 0 Å². The van der Waals surface area contributed by atoms with Crippen LogP contribution in [0.15, 0.2) is 59.8 Å². The van der Waals surface area contributed by atoms with E-state index in [0.717, 1.165) is 55.9 Å². The van der Waals surface area contributed by atoms with E-state index < -0.39 is 15.7 Å². The average Bonchev–Trinajstić information content (AvgIpc) is 3.46. The van der Waals surface area contributed by atoms with Gasteiger partial charge in [0.2, 0.25) is 0 Å². The fourth-order valence-corrected chi connectivity index (χ4v) is 6.13. The van der Waals surface area contributed by atoms with Gasteiger partial charge in [-0.15, -0.1) is 0 Å². The Morgan fingerprint density at radius 3 is 2.64 bits per heavy atom. The Labute approximate surface area is 213 Å². The second kappa shape index (κ2) is 9.11. The average molecular weight is 520 g/mol. The van der Waals surface area contributed by atoms with E-state index in [4.69, 9.17) is 9.97 Å². The Hall–Kier alpha value is -3.63. The van der Waals surface area contributed by atoms with Crippen molar-refractivity contribution in [2.24, 2.45) is 7.05 Å². The van der Waals surface area contributed by atoms with Crippen molar-refractivity contribution in [2.45, 2.75) is 31.2 Å². The van der Waals surface area contributed by atoms with Crippen molar-refractivity contribution in [3.8, 4) is 10.6 Å². The highest BCUT2D eigenvalue weighted by Crippen LogP contribution is 2.34. The monoisotopic (exact) mass is 519 g/mol. The molecule has 5 rings (SSSR count). The zero-order chi connectivity index (χ0) is 25.6. The number of sulfone groups is 1. The number of carbonyl (C=O) groups is 1. The molecule has 1 N–H and O–H groups in total. The number of thiazole rings is 1. The molecule has 0 saturated carbocycles. The molecule has 0 aliphatic heterocycles. The van der Waals surface area contributed by atoms with Gasteiger partial charge in [-0.3, -0.25) is 4.79 Å². The topological polar surface area (TPSA) is 107 Å². The Balaban J connectivity index is 1.48. The standard InChI is InChI=1S/C26H25N5O3S2/c1-5-19-21-23(31(3)14-27-21)22-26(29-19)35-25(30-22)17-10-8-9-16(13-17)15(2)28-24(32)18-11-6-7-12-20(18)36(4,33)34/h6-15H,5H2,1-4H3,(H,28,32)/t15-/m1/s1. The highest BCUT2D eigenvalue weighted by Gasteiger charge is 2.21. The third-order valence-electron chi connectivity index (χ3n) is 6.13. The first kappa shape index (κ1) is 24.1. The summed E-state index contributed by atoms with van der Waals surface area (Å²) in [5.41, 5.74) is 5.56. The summed E-state index contributed by atoms with van der Waals surface area (Å²) in [7, 11) is -1.58. The van der Waals surface area contributed by atoms with Crippen LogP contribution in [0.1, 0.15) is 41.5 Å². The van der Waals surface area contributed by atoms with Crippen LogP contribution in [0.5, 0.6) is 0 Å². The van der Waals surface area contributed by atoms with Crippen molar-refractivity contribution in [2.75, 3.05) is 6.26 Å². The maximum atomic E-state index is 13.0. The molecule has 0 bridgehead atoms. The van der Waals surface area contributed by atoms with Gasteiger partial charge >= 0.3 is 0 Å². The first-order valence-corrected chi connectivity index (χ1v) is 14.2. The number of rotatable bonds is 6. The maximum absolute atomic E-state index is 13.0. The second-order valence-electron chi connectivity index (χ2n) is 8.73. The molecule has 10 heteroatoms. The lowest BCUT2D eigenvalue weighted by atomic mass is 10.0. The van der Waals surface area contributed by atoms with Gasteiger partial charge < -0.3 is 9.88 Å². The van der Waals surface area contributed by atoms with Gasteiger partial charge in [0.25, 0.3) is 5.91 Å². The SMILES string of the molecule is CCc1nc2sc(-c3cccc([C@@H](C)NC(=O)c4ccccc4S(C)(=O)=O)c3)nc2c2c1ncn2C. The molecule has 3 aromatic heterocycles. The van der Waals surface area contributed by atoms with E-state index in [1.165, 1.54) is 23.5 Å². The van der Waals surface area contributed by atoms with Crippen LogP contribution < -0.4 is 5.32 Å². The number of fused-ring (bicyclic) bond motifs is 3. The minimum Gasteiger partial charge on any atom is -0.345 e. The number of amides is 1. The number of imidazole rings is 1. The van der Waals surface area contributed by atoms with Crippen molar-refractivity contribution in [1.82, 2.24) is 24.8 Å². The minimum absolute atomic E-state index is 0.0124. The van der Waals surface area contributed by atoms with Crippen molar-refractivity contribution < 1.29 is 13.2 Å². The Morgan fingerprint density at radius 1 is 1.11 bits per heavy atom. The van der Waals surface area contributed by atoms with Crippen LogP contribution in [0.2, 0.25) is 0 Å². The maximum Gasteiger partial charge on any atom is 0.253 e. The lowest BCUT2D eigenvalue weighted by Crippen LogP contribution is -2.28. The number of hydrogen-bond acceptors (Lipinski definition) is 7. The van der Waals surface area contributed by atoms with Crippen LogP contribution in [-0.2, 0) is 23.3 Å². The zero-order valence-electron chi connectivity index (χ0n) is 20.3. The van der Waals surface area contributed by atoms with Crippen molar-refractivity contribution >= 4 is 48.5 Å². The first-order valence-electron chi connectivity index (χ1n) is 11.5. The molecule has 0 radical (unpaired) electrons. The van der Waals surface area contributed by atoms with Crippen molar-refractivity contribution in [3.05, 3.63) is 71.7 Å². The quantitative estimate of drug-likeness (QED) is 0.348. The molecule has 1 atom stereocenters. The van der Waals surface area contributed by atoms with Gasteiger partial charge in [-0.2, -0.15) is 0 Å². The first-order chi connectivity index (χ1) is 17.2. The Bertz CT molecular complexity index is 1740. The summed E-state index contributed by atoms with van der Waals surface area (Å²) in [6, 6.07) is 13.7. The number of nitrogens with zero attached hydrogens (tertiary/aromatic N) is 4. The highest BCUT2D eigenvalue weighted by molar-refractivity contribution is 7.90. The summed E-state index contributed by atoms with van der Waals surface area (Å²) in [5, 5.41) is 3.76.